The number of benzene rings is 1. The molecule has 19 heavy (non-hydrogen) atoms. The van der Waals surface area contributed by atoms with E-state index in [0.29, 0.717) is 19.5 Å². The van der Waals surface area contributed by atoms with Crippen molar-refractivity contribution in [3.8, 4) is 6.07 Å². The summed E-state index contributed by atoms with van der Waals surface area (Å²) in [6, 6.07) is 10.7. The Morgan fingerprint density at radius 3 is 2.58 bits per heavy atom. The Morgan fingerprint density at radius 1 is 1.32 bits per heavy atom. The quantitative estimate of drug-likeness (QED) is 0.831. The van der Waals surface area contributed by atoms with E-state index in [-0.39, 0.29) is 11.8 Å². The first-order valence-electron chi connectivity index (χ1n) is 6.98. The van der Waals surface area contributed by atoms with Crippen LogP contribution in [0, 0.1) is 17.2 Å². The van der Waals surface area contributed by atoms with Crippen LogP contribution in [0.3, 0.4) is 0 Å². The molecule has 1 fully saturated rings. The van der Waals surface area contributed by atoms with Gasteiger partial charge in [0.15, 0.2) is 0 Å². The smallest absolute Gasteiger partial charge is 0.224 e. The SMILES string of the molecule is CCCc1ccc(CN2CCC(C#N)CC2=O)cc1. The molecule has 0 N–H and O–H groups in total. The molecule has 2 rings (SSSR count). The Labute approximate surface area is 114 Å². The molecule has 1 heterocycles. The van der Waals surface area contributed by atoms with Gasteiger partial charge in [-0.1, -0.05) is 37.6 Å². The van der Waals surface area contributed by atoms with Crippen molar-refractivity contribution in [3.05, 3.63) is 35.4 Å². The monoisotopic (exact) mass is 256 g/mol. The lowest BCUT2D eigenvalue weighted by atomic mass is 9.97. The molecule has 100 valence electrons. The van der Waals surface area contributed by atoms with Gasteiger partial charge < -0.3 is 4.90 Å². The maximum absolute atomic E-state index is 11.9. The molecule has 1 aliphatic rings. The number of aryl methyl sites for hydroxylation is 1. The summed E-state index contributed by atoms with van der Waals surface area (Å²) in [7, 11) is 0. The van der Waals surface area contributed by atoms with Crippen molar-refractivity contribution >= 4 is 5.91 Å². The van der Waals surface area contributed by atoms with Crippen molar-refractivity contribution in [1.82, 2.24) is 4.90 Å². The fourth-order valence-corrected chi connectivity index (χ4v) is 2.48. The van der Waals surface area contributed by atoms with Crippen LogP contribution < -0.4 is 0 Å². The van der Waals surface area contributed by atoms with E-state index in [4.69, 9.17) is 5.26 Å². The number of piperidine rings is 1. The highest BCUT2D eigenvalue weighted by Gasteiger charge is 2.25. The van der Waals surface area contributed by atoms with E-state index in [0.717, 1.165) is 19.3 Å². The van der Waals surface area contributed by atoms with Crippen molar-refractivity contribution < 1.29 is 4.79 Å². The number of likely N-dealkylation sites (tertiary alicyclic amines) is 1. The predicted molar refractivity (Wildman–Crippen MR) is 74.2 cm³/mol. The normalized spacial score (nSPS) is 19.3. The van der Waals surface area contributed by atoms with Crippen molar-refractivity contribution in [3.63, 3.8) is 0 Å². The maximum atomic E-state index is 11.9. The van der Waals surface area contributed by atoms with Crippen molar-refractivity contribution in [2.24, 2.45) is 5.92 Å². The van der Waals surface area contributed by atoms with Crippen molar-refractivity contribution in [1.29, 1.82) is 5.26 Å². The number of nitrogens with zero attached hydrogens (tertiary/aromatic N) is 2. The highest BCUT2D eigenvalue weighted by Crippen LogP contribution is 2.19. The Morgan fingerprint density at radius 2 is 2.00 bits per heavy atom. The van der Waals surface area contributed by atoms with Gasteiger partial charge in [0.2, 0.25) is 5.91 Å². The second-order valence-electron chi connectivity index (χ2n) is 5.20. The molecular weight excluding hydrogens is 236 g/mol. The van der Waals surface area contributed by atoms with E-state index in [9.17, 15) is 4.79 Å². The molecule has 1 atom stereocenters. The minimum Gasteiger partial charge on any atom is -0.338 e. The molecule has 1 aromatic rings. The van der Waals surface area contributed by atoms with E-state index >= 15 is 0 Å². The van der Waals surface area contributed by atoms with Crippen LogP contribution in [0.4, 0.5) is 0 Å². The van der Waals surface area contributed by atoms with E-state index in [1.54, 1.807) is 0 Å². The maximum Gasteiger partial charge on any atom is 0.224 e. The van der Waals surface area contributed by atoms with Gasteiger partial charge in [0.1, 0.15) is 0 Å². The third-order valence-electron chi connectivity index (χ3n) is 3.64. The zero-order valence-electron chi connectivity index (χ0n) is 11.4. The number of hydrogen-bond donors (Lipinski definition) is 0. The summed E-state index contributed by atoms with van der Waals surface area (Å²) in [5.74, 6) is 0.0196. The van der Waals surface area contributed by atoms with Gasteiger partial charge in [0, 0.05) is 19.5 Å². The Kier molecular flexibility index (Phi) is 4.57. The number of carbonyl (C=O) groups is 1. The van der Waals surface area contributed by atoms with Gasteiger partial charge in [-0.2, -0.15) is 5.26 Å². The number of nitriles is 1. The fraction of sp³-hybridized carbons (Fsp3) is 0.500. The average Bonchev–Trinajstić information content (AvgIpc) is 2.43. The highest BCUT2D eigenvalue weighted by atomic mass is 16.2. The standard InChI is InChI=1S/C16H20N2O/c1-2-3-13-4-6-14(7-5-13)12-18-9-8-15(11-17)10-16(18)19/h4-7,15H,2-3,8-10,12H2,1H3. The Bertz CT molecular complexity index is 473. The van der Waals surface area contributed by atoms with E-state index < -0.39 is 0 Å². The van der Waals surface area contributed by atoms with Gasteiger partial charge in [0.05, 0.1) is 12.0 Å². The van der Waals surface area contributed by atoms with Gasteiger partial charge in [-0.05, 0) is 24.0 Å². The zero-order chi connectivity index (χ0) is 13.7. The van der Waals surface area contributed by atoms with Crippen LogP contribution in [0.15, 0.2) is 24.3 Å². The lowest BCUT2D eigenvalue weighted by Gasteiger charge is -2.29. The summed E-state index contributed by atoms with van der Waals surface area (Å²) in [6.45, 7) is 3.54. The minimum absolute atomic E-state index is 0.0873. The molecule has 3 nitrogen and oxygen atoms in total. The topological polar surface area (TPSA) is 44.1 Å². The van der Waals surface area contributed by atoms with Crippen LogP contribution in [-0.2, 0) is 17.8 Å². The molecule has 0 aliphatic carbocycles. The lowest BCUT2D eigenvalue weighted by molar-refractivity contribution is -0.134. The Hall–Kier alpha value is -1.82. The van der Waals surface area contributed by atoms with Crippen molar-refractivity contribution in [2.45, 2.75) is 39.2 Å². The summed E-state index contributed by atoms with van der Waals surface area (Å²) in [5, 5.41) is 8.85. The van der Waals surface area contributed by atoms with Crippen LogP contribution in [0.25, 0.3) is 0 Å². The van der Waals surface area contributed by atoms with Crippen LogP contribution in [-0.4, -0.2) is 17.4 Å². The summed E-state index contributed by atoms with van der Waals surface area (Å²) >= 11 is 0. The second kappa shape index (κ2) is 6.38. The summed E-state index contributed by atoms with van der Waals surface area (Å²) in [5.41, 5.74) is 2.52. The average molecular weight is 256 g/mol. The first-order chi connectivity index (χ1) is 9.22. The van der Waals surface area contributed by atoms with Crippen LogP contribution in [0.2, 0.25) is 0 Å². The summed E-state index contributed by atoms with van der Waals surface area (Å²) in [6.07, 6.45) is 3.44. The number of rotatable bonds is 4. The molecule has 1 aromatic carbocycles. The first kappa shape index (κ1) is 13.6. The molecule has 1 aliphatic heterocycles. The molecule has 0 bridgehead atoms. The highest BCUT2D eigenvalue weighted by molar-refractivity contribution is 5.77. The molecule has 3 heteroatoms. The molecule has 1 saturated heterocycles. The fourth-order valence-electron chi connectivity index (χ4n) is 2.48. The molecule has 0 aromatic heterocycles. The molecule has 1 amide bonds. The van der Waals surface area contributed by atoms with E-state index in [1.165, 1.54) is 11.1 Å². The first-order valence-corrected chi connectivity index (χ1v) is 6.98. The zero-order valence-corrected chi connectivity index (χ0v) is 11.4. The van der Waals surface area contributed by atoms with Crippen molar-refractivity contribution in [2.75, 3.05) is 6.54 Å². The third kappa shape index (κ3) is 3.57. The molecule has 0 radical (unpaired) electrons. The van der Waals surface area contributed by atoms with Gasteiger partial charge in [-0.25, -0.2) is 0 Å². The summed E-state index contributed by atoms with van der Waals surface area (Å²) in [4.78, 5) is 13.8. The van der Waals surface area contributed by atoms with E-state index in [2.05, 4.69) is 37.3 Å². The van der Waals surface area contributed by atoms with Gasteiger partial charge in [-0.3, -0.25) is 4.79 Å². The summed E-state index contributed by atoms with van der Waals surface area (Å²) < 4.78 is 0. The molecular formula is C16H20N2O. The van der Waals surface area contributed by atoms with Gasteiger partial charge in [0.25, 0.3) is 0 Å². The number of carbonyl (C=O) groups excluding carboxylic acids is 1. The lowest BCUT2D eigenvalue weighted by Crippen LogP contribution is -2.37. The second-order valence-corrected chi connectivity index (χ2v) is 5.20. The Balaban J connectivity index is 1.94. The number of amides is 1. The molecule has 0 spiro atoms. The van der Waals surface area contributed by atoms with Crippen LogP contribution in [0.5, 0.6) is 0 Å². The van der Waals surface area contributed by atoms with Crippen LogP contribution in [0.1, 0.15) is 37.3 Å². The van der Waals surface area contributed by atoms with Gasteiger partial charge >= 0.3 is 0 Å². The predicted octanol–water partition coefficient (Wildman–Crippen LogP) is 2.90. The molecule has 0 saturated carbocycles. The van der Waals surface area contributed by atoms with E-state index in [1.807, 2.05) is 4.90 Å². The largest absolute Gasteiger partial charge is 0.338 e. The van der Waals surface area contributed by atoms with Gasteiger partial charge in [-0.15, -0.1) is 0 Å². The number of hydrogen-bond acceptors (Lipinski definition) is 2. The molecule has 1 unspecified atom stereocenters. The van der Waals surface area contributed by atoms with Crippen LogP contribution >= 0.6 is 0 Å². The third-order valence-corrected chi connectivity index (χ3v) is 3.64. The minimum atomic E-state index is -0.0873.